The van der Waals surface area contributed by atoms with Crippen LogP contribution in [0.3, 0.4) is 0 Å². The lowest BCUT2D eigenvalue weighted by atomic mass is 9.80. The van der Waals surface area contributed by atoms with Gasteiger partial charge in [-0.05, 0) is 31.6 Å². The molecule has 0 N–H and O–H groups in total. The summed E-state index contributed by atoms with van der Waals surface area (Å²) in [6.07, 6.45) is -4.49. The third kappa shape index (κ3) is 5.92. The predicted molar refractivity (Wildman–Crippen MR) is 102 cm³/mol. The van der Waals surface area contributed by atoms with Crippen molar-refractivity contribution < 1.29 is 97.3 Å². The van der Waals surface area contributed by atoms with Crippen molar-refractivity contribution in [3.63, 3.8) is 0 Å². The molecule has 0 aliphatic heterocycles. The van der Waals surface area contributed by atoms with Gasteiger partial charge in [-0.25, -0.2) is 8.78 Å². The maximum atomic E-state index is 13.9. The van der Waals surface area contributed by atoms with Gasteiger partial charge in [0.25, 0.3) is 0 Å². The first kappa shape index (κ1) is 39.1. The first-order valence-electron chi connectivity index (χ1n) is 11.7. The largest absolute Gasteiger partial charge is 0.459 e. The maximum Gasteiger partial charge on any atom is 0.385 e. The molecule has 0 aromatic heterocycles. The smallest absolute Gasteiger partial charge is 0.385 e. The number of alkyl halides is 20. The molecule has 1 rings (SSSR count). The number of hydrogen-bond acceptors (Lipinski definition) is 2. The van der Waals surface area contributed by atoms with E-state index in [0.29, 0.717) is 12.8 Å². The van der Waals surface area contributed by atoms with Crippen LogP contribution in [-0.4, -0.2) is 72.3 Å². The standard InChI is InChI=1S/C21H20F20O2/c1-2-3-9-4-6-10(7-5-9)11(42)43-8-13(24,25)15(28,29)17(32,33)19(36,37)21(40,41)20(38,39)18(34,35)16(30,31)14(26,27)12(22)23/h9-10,12H,2-8H2,1H3/t9-,10-. The lowest BCUT2D eigenvalue weighted by molar-refractivity contribution is -0.465. The number of halogens is 20. The van der Waals surface area contributed by atoms with Crippen LogP contribution in [0.2, 0.25) is 0 Å². The highest BCUT2D eigenvalue weighted by Gasteiger charge is 2.96. The Morgan fingerprint density at radius 1 is 0.605 bits per heavy atom. The van der Waals surface area contributed by atoms with E-state index in [-0.39, 0.29) is 31.6 Å². The van der Waals surface area contributed by atoms with Crippen LogP contribution in [0.1, 0.15) is 45.4 Å². The fraction of sp³-hybridized carbons (Fsp3) is 0.952. The summed E-state index contributed by atoms with van der Waals surface area (Å²) in [6, 6.07) is 0. The van der Waals surface area contributed by atoms with Gasteiger partial charge in [0.1, 0.15) is 0 Å². The summed E-state index contributed by atoms with van der Waals surface area (Å²) < 4.78 is 273. The summed E-state index contributed by atoms with van der Waals surface area (Å²) in [4.78, 5) is 11.9. The Kier molecular flexibility index (Phi) is 10.7. The Bertz CT molecular complexity index is 968. The average molecular weight is 684 g/mol. The Morgan fingerprint density at radius 3 is 1.30 bits per heavy atom. The number of esters is 1. The minimum absolute atomic E-state index is 0.0365. The Hall–Kier alpha value is -1.93. The highest BCUT2D eigenvalue weighted by molar-refractivity contribution is 5.72. The third-order valence-corrected chi connectivity index (χ3v) is 6.79. The summed E-state index contributed by atoms with van der Waals surface area (Å²) in [5.74, 6) is -78.8. The minimum Gasteiger partial charge on any atom is -0.459 e. The highest BCUT2D eigenvalue weighted by atomic mass is 19.4. The number of hydrogen-bond donors (Lipinski definition) is 0. The number of rotatable bonds is 14. The second-order valence-corrected chi connectivity index (χ2v) is 9.76. The van der Waals surface area contributed by atoms with Crippen LogP contribution in [0.5, 0.6) is 0 Å². The van der Waals surface area contributed by atoms with Crippen molar-refractivity contribution in [1.82, 2.24) is 0 Å². The van der Waals surface area contributed by atoms with Crippen molar-refractivity contribution in [2.45, 2.75) is 105 Å². The van der Waals surface area contributed by atoms with Crippen molar-refractivity contribution in [1.29, 1.82) is 0 Å². The zero-order chi connectivity index (χ0) is 34.5. The summed E-state index contributed by atoms with van der Waals surface area (Å²) in [7, 11) is 0. The fourth-order valence-corrected chi connectivity index (χ4v) is 4.03. The molecule has 0 aromatic rings. The number of ether oxygens (including phenoxy) is 1. The van der Waals surface area contributed by atoms with Gasteiger partial charge in [0, 0.05) is 0 Å². The molecule has 0 aromatic carbocycles. The van der Waals surface area contributed by atoms with Gasteiger partial charge in [0.05, 0.1) is 5.92 Å². The minimum atomic E-state index is -9.07. The first-order chi connectivity index (χ1) is 18.9. The monoisotopic (exact) mass is 684 g/mol. The van der Waals surface area contributed by atoms with E-state index in [0.717, 1.165) is 0 Å². The van der Waals surface area contributed by atoms with Crippen LogP contribution in [0.4, 0.5) is 87.8 Å². The summed E-state index contributed by atoms with van der Waals surface area (Å²) in [6.45, 7) is -1.53. The van der Waals surface area contributed by atoms with E-state index < -0.39 is 78.2 Å². The molecule has 2 nitrogen and oxygen atoms in total. The van der Waals surface area contributed by atoms with Crippen LogP contribution >= 0.6 is 0 Å². The number of carbonyl (C=O) groups is 1. The molecule has 0 amide bonds. The molecule has 22 heteroatoms. The Labute approximate surface area is 228 Å². The van der Waals surface area contributed by atoms with E-state index in [1.165, 1.54) is 0 Å². The summed E-state index contributed by atoms with van der Waals surface area (Å²) in [5.41, 5.74) is 0. The van der Waals surface area contributed by atoms with Gasteiger partial charge in [-0.2, -0.15) is 79.0 Å². The molecule has 256 valence electrons. The lowest BCUT2D eigenvalue weighted by Crippen LogP contribution is -2.76. The SMILES string of the molecule is CCC[C@H]1CC[C@H](C(=O)OCC(F)(F)C(F)(F)C(F)(F)C(F)(F)C(F)(F)C(F)(F)C(F)(F)C(F)(F)C(F)(F)C(F)F)CC1. The van der Waals surface area contributed by atoms with Crippen LogP contribution in [0.25, 0.3) is 0 Å². The van der Waals surface area contributed by atoms with Crippen LogP contribution < -0.4 is 0 Å². The molecule has 1 saturated carbocycles. The molecule has 0 spiro atoms. The van der Waals surface area contributed by atoms with Crippen LogP contribution in [0.15, 0.2) is 0 Å². The van der Waals surface area contributed by atoms with Gasteiger partial charge in [0.15, 0.2) is 6.61 Å². The zero-order valence-electron chi connectivity index (χ0n) is 21.1. The predicted octanol–water partition coefficient (Wildman–Crippen LogP) is 9.12. The topological polar surface area (TPSA) is 26.3 Å². The molecule has 1 aliphatic rings. The molecule has 0 bridgehead atoms. The van der Waals surface area contributed by atoms with Crippen molar-refractivity contribution in [2.75, 3.05) is 6.61 Å². The normalized spacial score (nSPS) is 20.9. The second kappa shape index (κ2) is 11.8. The van der Waals surface area contributed by atoms with Crippen LogP contribution in [-0.2, 0) is 9.53 Å². The first-order valence-corrected chi connectivity index (χ1v) is 11.7. The third-order valence-electron chi connectivity index (χ3n) is 6.79. The second-order valence-electron chi connectivity index (χ2n) is 9.76. The quantitative estimate of drug-likeness (QED) is 0.135. The molecular formula is C21H20F20O2. The van der Waals surface area contributed by atoms with E-state index in [9.17, 15) is 92.6 Å². The zero-order valence-corrected chi connectivity index (χ0v) is 21.1. The molecular weight excluding hydrogens is 664 g/mol. The summed E-state index contributed by atoms with van der Waals surface area (Å²) in [5, 5.41) is 0. The van der Waals surface area contributed by atoms with Gasteiger partial charge < -0.3 is 4.74 Å². The van der Waals surface area contributed by atoms with Crippen molar-refractivity contribution in [3.8, 4) is 0 Å². The van der Waals surface area contributed by atoms with Crippen molar-refractivity contribution >= 4 is 5.97 Å². The van der Waals surface area contributed by atoms with E-state index in [4.69, 9.17) is 0 Å². The Morgan fingerprint density at radius 2 is 0.953 bits per heavy atom. The van der Waals surface area contributed by atoms with Gasteiger partial charge in [-0.1, -0.05) is 19.8 Å². The molecule has 0 unspecified atom stereocenters. The van der Waals surface area contributed by atoms with Crippen molar-refractivity contribution in [3.05, 3.63) is 0 Å². The number of carbonyl (C=O) groups excluding carboxylic acids is 1. The van der Waals surface area contributed by atoms with E-state index in [2.05, 4.69) is 4.74 Å². The highest BCUT2D eigenvalue weighted by Crippen LogP contribution is 2.65. The van der Waals surface area contributed by atoms with Gasteiger partial charge in [-0.3, -0.25) is 4.79 Å². The molecule has 0 atom stereocenters. The molecule has 0 heterocycles. The van der Waals surface area contributed by atoms with Gasteiger partial charge in [0.2, 0.25) is 0 Å². The molecule has 1 fully saturated rings. The van der Waals surface area contributed by atoms with Gasteiger partial charge in [-0.15, -0.1) is 0 Å². The Balaban J connectivity index is 3.38. The van der Waals surface area contributed by atoms with Crippen molar-refractivity contribution in [2.24, 2.45) is 11.8 Å². The molecule has 1 aliphatic carbocycles. The van der Waals surface area contributed by atoms with E-state index in [1.54, 1.807) is 6.92 Å². The molecule has 43 heavy (non-hydrogen) atoms. The fourth-order valence-electron chi connectivity index (χ4n) is 4.03. The summed E-state index contributed by atoms with van der Waals surface area (Å²) >= 11 is 0. The van der Waals surface area contributed by atoms with E-state index >= 15 is 0 Å². The lowest BCUT2D eigenvalue weighted by Gasteiger charge is -2.44. The molecule has 0 radical (unpaired) electrons. The van der Waals surface area contributed by atoms with Gasteiger partial charge >= 0.3 is 65.7 Å². The maximum absolute atomic E-state index is 13.9. The van der Waals surface area contributed by atoms with Crippen LogP contribution in [0, 0.1) is 11.8 Å². The molecule has 0 saturated heterocycles. The average Bonchev–Trinajstić information content (AvgIpc) is 2.86. The van der Waals surface area contributed by atoms with E-state index in [1.807, 2.05) is 0 Å².